The molecule has 0 fully saturated rings. The number of esters is 2. The number of anilines is 1. The van der Waals surface area contributed by atoms with Crippen molar-refractivity contribution in [2.75, 3.05) is 19.5 Å². The number of carbonyl (C=O) groups is 3. The summed E-state index contributed by atoms with van der Waals surface area (Å²) >= 11 is 3.11. The summed E-state index contributed by atoms with van der Waals surface area (Å²) in [4.78, 5) is 33.7. The minimum atomic E-state index is -1.09. The van der Waals surface area contributed by atoms with Gasteiger partial charge in [0.25, 0.3) is 0 Å². The van der Waals surface area contributed by atoms with Gasteiger partial charge in [0.15, 0.2) is 0 Å². The molecule has 1 rings (SSSR count). The number of aromatic carboxylic acids is 1. The molecule has 21 heavy (non-hydrogen) atoms. The summed E-state index contributed by atoms with van der Waals surface area (Å²) in [6.07, 6.45) is 0.935. The van der Waals surface area contributed by atoms with Crippen molar-refractivity contribution in [3.05, 3.63) is 40.0 Å². The largest absolute Gasteiger partial charge is 0.478 e. The van der Waals surface area contributed by atoms with Crippen LogP contribution in [-0.4, -0.2) is 37.2 Å². The molecule has 8 heteroatoms. The second-order valence-corrected chi connectivity index (χ2v) is 4.55. The van der Waals surface area contributed by atoms with E-state index < -0.39 is 17.9 Å². The topological polar surface area (TPSA) is 102 Å². The lowest BCUT2D eigenvalue weighted by Crippen LogP contribution is -2.15. The number of carboxylic acids is 1. The monoisotopic (exact) mass is 357 g/mol. The molecule has 0 unspecified atom stereocenters. The summed E-state index contributed by atoms with van der Waals surface area (Å²) in [5.41, 5.74) is 0.323. The van der Waals surface area contributed by atoms with Gasteiger partial charge in [0.2, 0.25) is 0 Å². The maximum absolute atomic E-state index is 11.6. The van der Waals surface area contributed by atoms with Crippen molar-refractivity contribution in [1.29, 1.82) is 0 Å². The number of methoxy groups -OCH3 is 2. The van der Waals surface area contributed by atoms with Gasteiger partial charge in [0.1, 0.15) is 5.70 Å². The molecule has 0 radical (unpaired) electrons. The van der Waals surface area contributed by atoms with E-state index in [0.717, 1.165) is 6.08 Å². The molecule has 0 saturated carbocycles. The fourth-order valence-electron chi connectivity index (χ4n) is 1.35. The van der Waals surface area contributed by atoms with Gasteiger partial charge in [-0.1, -0.05) is 0 Å². The first kappa shape index (κ1) is 16.7. The molecule has 1 aromatic rings. The van der Waals surface area contributed by atoms with Crippen molar-refractivity contribution in [1.82, 2.24) is 0 Å². The predicted octanol–water partition coefficient (Wildman–Crippen LogP) is 1.79. The van der Waals surface area contributed by atoms with Crippen molar-refractivity contribution in [2.45, 2.75) is 0 Å². The Morgan fingerprint density at radius 1 is 1.24 bits per heavy atom. The third-order valence-corrected chi connectivity index (χ3v) is 3.00. The molecular weight excluding hydrogens is 346 g/mol. The van der Waals surface area contributed by atoms with Crippen molar-refractivity contribution in [3.8, 4) is 0 Å². The van der Waals surface area contributed by atoms with Crippen LogP contribution < -0.4 is 5.32 Å². The molecule has 2 N–H and O–H groups in total. The van der Waals surface area contributed by atoms with Gasteiger partial charge in [0, 0.05) is 10.2 Å². The Balaban J connectivity index is 3.07. The number of hydrogen-bond donors (Lipinski definition) is 2. The molecule has 7 nitrogen and oxygen atoms in total. The number of nitrogens with one attached hydrogen (secondary N) is 1. The number of benzene rings is 1. The highest BCUT2D eigenvalue weighted by atomic mass is 79.9. The minimum absolute atomic E-state index is 0.0668. The quantitative estimate of drug-likeness (QED) is 0.611. The van der Waals surface area contributed by atoms with Gasteiger partial charge in [-0.25, -0.2) is 14.4 Å². The summed E-state index contributed by atoms with van der Waals surface area (Å²) in [6.45, 7) is 0. The lowest BCUT2D eigenvalue weighted by atomic mass is 10.2. The van der Waals surface area contributed by atoms with Crippen LogP contribution in [0, 0.1) is 0 Å². The minimum Gasteiger partial charge on any atom is -0.478 e. The molecular formula is C13H12BrNO6. The van der Waals surface area contributed by atoms with Crippen LogP contribution in [0.4, 0.5) is 5.69 Å². The molecule has 0 heterocycles. The Morgan fingerprint density at radius 2 is 1.90 bits per heavy atom. The lowest BCUT2D eigenvalue weighted by molar-refractivity contribution is -0.138. The number of rotatable bonds is 5. The molecule has 0 aliphatic carbocycles. The van der Waals surface area contributed by atoms with E-state index in [1.54, 1.807) is 0 Å². The lowest BCUT2D eigenvalue weighted by Gasteiger charge is -2.10. The highest BCUT2D eigenvalue weighted by molar-refractivity contribution is 9.10. The van der Waals surface area contributed by atoms with Gasteiger partial charge in [-0.2, -0.15) is 0 Å². The molecule has 0 saturated heterocycles. The van der Waals surface area contributed by atoms with E-state index in [-0.39, 0.29) is 11.3 Å². The van der Waals surface area contributed by atoms with E-state index in [2.05, 4.69) is 30.7 Å². The first-order chi connectivity index (χ1) is 9.88. The fraction of sp³-hybridized carbons (Fsp3) is 0.154. The van der Waals surface area contributed by atoms with Crippen molar-refractivity contribution < 1.29 is 29.0 Å². The molecule has 0 atom stereocenters. The van der Waals surface area contributed by atoms with Crippen LogP contribution in [0.25, 0.3) is 0 Å². The summed E-state index contributed by atoms with van der Waals surface area (Å²) < 4.78 is 9.30. The first-order valence-electron chi connectivity index (χ1n) is 5.57. The zero-order valence-electron chi connectivity index (χ0n) is 11.2. The molecule has 1 aromatic carbocycles. The molecule has 0 amide bonds. The van der Waals surface area contributed by atoms with Gasteiger partial charge >= 0.3 is 17.9 Å². The summed E-state index contributed by atoms with van der Waals surface area (Å²) in [5.74, 6) is -2.59. The van der Waals surface area contributed by atoms with E-state index in [4.69, 9.17) is 5.11 Å². The van der Waals surface area contributed by atoms with Crippen LogP contribution in [-0.2, 0) is 19.1 Å². The Hall–Kier alpha value is -2.35. The van der Waals surface area contributed by atoms with E-state index in [1.165, 1.54) is 32.4 Å². The highest BCUT2D eigenvalue weighted by Gasteiger charge is 2.14. The third kappa shape index (κ3) is 4.60. The Bertz CT molecular complexity index is 611. The van der Waals surface area contributed by atoms with Crippen LogP contribution >= 0.6 is 15.9 Å². The van der Waals surface area contributed by atoms with E-state index in [0.29, 0.717) is 10.2 Å². The smallest absolute Gasteiger partial charge is 0.354 e. The van der Waals surface area contributed by atoms with Crippen LogP contribution in [0.1, 0.15) is 10.4 Å². The number of carboxylic acid groups (broad SMARTS) is 1. The van der Waals surface area contributed by atoms with Gasteiger partial charge in [-0.05, 0) is 34.1 Å². The zero-order valence-corrected chi connectivity index (χ0v) is 12.8. The normalized spacial score (nSPS) is 10.7. The molecule has 0 aliphatic rings. The van der Waals surface area contributed by atoms with Gasteiger partial charge in [-0.15, -0.1) is 0 Å². The maximum Gasteiger partial charge on any atom is 0.354 e. The Kier molecular flexibility index (Phi) is 5.92. The van der Waals surface area contributed by atoms with Crippen molar-refractivity contribution in [3.63, 3.8) is 0 Å². The molecule has 0 spiro atoms. The fourth-order valence-corrected chi connectivity index (χ4v) is 1.90. The van der Waals surface area contributed by atoms with Crippen LogP contribution in [0.15, 0.2) is 34.4 Å². The third-order valence-electron chi connectivity index (χ3n) is 2.35. The number of halogens is 1. The van der Waals surface area contributed by atoms with E-state index in [9.17, 15) is 14.4 Å². The predicted molar refractivity (Wildman–Crippen MR) is 76.8 cm³/mol. The molecule has 0 bridgehead atoms. The number of ether oxygens (including phenoxy) is 2. The maximum atomic E-state index is 11.6. The highest BCUT2D eigenvalue weighted by Crippen LogP contribution is 2.22. The van der Waals surface area contributed by atoms with Gasteiger partial charge in [0.05, 0.1) is 25.9 Å². The zero-order chi connectivity index (χ0) is 16.0. The second kappa shape index (κ2) is 7.44. The number of carbonyl (C=O) groups excluding carboxylic acids is 2. The molecule has 0 aliphatic heterocycles. The average molecular weight is 358 g/mol. The summed E-state index contributed by atoms with van der Waals surface area (Å²) in [6, 6.07) is 4.25. The van der Waals surface area contributed by atoms with Crippen LogP contribution in [0.3, 0.4) is 0 Å². The Morgan fingerprint density at radius 3 is 2.38 bits per heavy atom. The SMILES string of the molecule is COC(=O)/C=C(/Nc1ccc(C(=O)O)c(Br)c1)C(=O)OC. The number of hydrogen-bond acceptors (Lipinski definition) is 6. The standard InChI is InChI=1S/C13H12BrNO6/c1-20-11(16)6-10(13(19)21-2)15-7-3-4-8(12(17)18)9(14)5-7/h3-6,15H,1-2H3,(H,17,18)/b10-6+. The molecule has 0 aromatic heterocycles. The van der Waals surface area contributed by atoms with Gasteiger partial charge in [-0.3, -0.25) is 0 Å². The van der Waals surface area contributed by atoms with Crippen molar-refractivity contribution >= 4 is 39.5 Å². The van der Waals surface area contributed by atoms with Gasteiger partial charge < -0.3 is 19.9 Å². The van der Waals surface area contributed by atoms with Crippen molar-refractivity contribution in [2.24, 2.45) is 0 Å². The Labute approximate surface area is 128 Å². The van der Waals surface area contributed by atoms with E-state index >= 15 is 0 Å². The summed E-state index contributed by atoms with van der Waals surface area (Å²) in [7, 11) is 2.34. The first-order valence-corrected chi connectivity index (χ1v) is 6.36. The van der Waals surface area contributed by atoms with E-state index in [1.807, 2.05) is 0 Å². The molecule has 112 valence electrons. The average Bonchev–Trinajstić information content (AvgIpc) is 2.45. The van der Waals surface area contributed by atoms with Crippen LogP contribution in [0.2, 0.25) is 0 Å². The van der Waals surface area contributed by atoms with Crippen LogP contribution in [0.5, 0.6) is 0 Å². The summed E-state index contributed by atoms with van der Waals surface area (Å²) in [5, 5.41) is 11.6. The second-order valence-electron chi connectivity index (χ2n) is 3.70.